The number of nitrogens with zero attached hydrogens (tertiary/aromatic N) is 1. The number of aryl methyl sites for hydroxylation is 1. The van der Waals surface area contributed by atoms with E-state index in [2.05, 4.69) is 4.98 Å². The zero-order chi connectivity index (χ0) is 20.4. The highest BCUT2D eigenvalue weighted by molar-refractivity contribution is 5.96. The summed E-state index contributed by atoms with van der Waals surface area (Å²) in [5, 5.41) is 0.854. The molecule has 0 spiro atoms. The van der Waals surface area contributed by atoms with E-state index in [9.17, 15) is 9.59 Å². The number of hydrogen-bond donors (Lipinski definition) is 1. The molecule has 1 amide bonds. The Morgan fingerprint density at radius 1 is 1.24 bits per heavy atom. The summed E-state index contributed by atoms with van der Waals surface area (Å²) in [6, 6.07) is 15.0. The molecule has 0 bridgehead atoms. The lowest BCUT2D eigenvalue weighted by molar-refractivity contribution is -0.127. The van der Waals surface area contributed by atoms with Gasteiger partial charge in [0.25, 0.3) is 11.5 Å². The molecule has 1 saturated heterocycles. The van der Waals surface area contributed by atoms with Crippen molar-refractivity contribution in [2.75, 3.05) is 18.6 Å². The number of methoxy groups -OCH3 is 1. The van der Waals surface area contributed by atoms with Crippen LogP contribution < -0.4 is 15.2 Å². The molecule has 6 nitrogen and oxygen atoms in total. The van der Waals surface area contributed by atoms with Gasteiger partial charge in [-0.25, -0.2) is 0 Å². The number of fused-ring (bicyclic) bond motifs is 1. The molecular weight excluding hydrogens is 368 g/mol. The molecule has 150 valence electrons. The van der Waals surface area contributed by atoms with Crippen LogP contribution in [0.4, 0.5) is 5.69 Å². The largest absolute Gasteiger partial charge is 0.497 e. The lowest BCUT2D eigenvalue weighted by atomic mass is 10.1. The van der Waals surface area contributed by atoms with Gasteiger partial charge in [0, 0.05) is 28.8 Å². The molecule has 1 fully saturated rings. The SMILES string of the molecule is COc1ccc2[nH]c(=O)c(CN(C(=O)[C@H]3CCCO3)c3cccc(C)c3)cc2c1. The third kappa shape index (κ3) is 4.03. The van der Waals surface area contributed by atoms with E-state index >= 15 is 0 Å². The first-order valence-electron chi connectivity index (χ1n) is 9.75. The summed E-state index contributed by atoms with van der Waals surface area (Å²) < 4.78 is 10.9. The quantitative estimate of drug-likeness (QED) is 0.721. The van der Waals surface area contributed by atoms with E-state index in [0.29, 0.717) is 24.3 Å². The number of rotatable bonds is 5. The van der Waals surface area contributed by atoms with E-state index in [0.717, 1.165) is 28.6 Å². The van der Waals surface area contributed by atoms with Gasteiger partial charge in [0.05, 0.1) is 13.7 Å². The van der Waals surface area contributed by atoms with Gasteiger partial charge in [0.1, 0.15) is 11.9 Å². The van der Waals surface area contributed by atoms with E-state index < -0.39 is 6.10 Å². The molecule has 1 aromatic heterocycles. The van der Waals surface area contributed by atoms with Gasteiger partial charge >= 0.3 is 0 Å². The predicted octanol–water partition coefficient (Wildman–Crippen LogP) is 3.56. The number of benzene rings is 2. The smallest absolute Gasteiger partial charge is 0.256 e. The van der Waals surface area contributed by atoms with Crippen molar-refractivity contribution in [1.29, 1.82) is 0 Å². The molecule has 2 heterocycles. The number of aromatic amines is 1. The minimum Gasteiger partial charge on any atom is -0.497 e. The molecular formula is C23H24N2O4. The van der Waals surface area contributed by atoms with Crippen LogP contribution in [0.1, 0.15) is 24.0 Å². The van der Waals surface area contributed by atoms with Crippen LogP contribution >= 0.6 is 0 Å². The van der Waals surface area contributed by atoms with E-state index in [1.807, 2.05) is 49.4 Å². The van der Waals surface area contributed by atoms with Crippen molar-refractivity contribution < 1.29 is 14.3 Å². The number of ether oxygens (including phenoxy) is 2. The average molecular weight is 392 g/mol. The topological polar surface area (TPSA) is 71.6 Å². The highest BCUT2D eigenvalue weighted by atomic mass is 16.5. The van der Waals surface area contributed by atoms with Gasteiger partial charge in [0.2, 0.25) is 0 Å². The number of H-pyrrole nitrogens is 1. The number of pyridine rings is 1. The van der Waals surface area contributed by atoms with E-state index in [1.165, 1.54) is 0 Å². The average Bonchev–Trinajstić information content (AvgIpc) is 3.26. The number of amides is 1. The molecule has 0 aliphatic carbocycles. The van der Waals surface area contributed by atoms with Gasteiger partial charge in [-0.15, -0.1) is 0 Å². The van der Waals surface area contributed by atoms with Crippen molar-refractivity contribution in [3.8, 4) is 5.75 Å². The third-order valence-electron chi connectivity index (χ3n) is 5.24. The molecule has 1 atom stereocenters. The summed E-state index contributed by atoms with van der Waals surface area (Å²) >= 11 is 0. The lowest BCUT2D eigenvalue weighted by Gasteiger charge is -2.25. The second-order valence-electron chi connectivity index (χ2n) is 7.34. The van der Waals surface area contributed by atoms with Crippen LogP contribution in [0.15, 0.2) is 53.3 Å². The summed E-state index contributed by atoms with van der Waals surface area (Å²) in [4.78, 5) is 30.5. The molecule has 2 aromatic carbocycles. The first kappa shape index (κ1) is 19.2. The number of carbonyl (C=O) groups excluding carboxylic acids is 1. The summed E-state index contributed by atoms with van der Waals surface area (Å²) in [6.45, 7) is 2.74. The zero-order valence-electron chi connectivity index (χ0n) is 16.6. The molecule has 0 saturated carbocycles. The second kappa shape index (κ2) is 8.09. The molecule has 1 N–H and O–H groups in total. The molecule has 1 aliphatic rings. The van der Waals surface area contributed by atoms with Crippen LogP contribution in [-0.2, 0) is 16.1 Å². The molecule has 0 unspecified atom stereocenters. The summed E-state index contributed by atoms with van der Waals surface area (Å²) in [6.07, 6.45) is 1.11. The summed E-state index contributed by atoms with van der Waals surface area (Å²) in [5.74, 6) is 0.597. The van der Waals surface area contributed by atoms with E-state index in [-0.39, 0.29) is 18.0 Å². The second-order valence-corrected chi connectivity index (χ2v) is 7.34. The van der Waals surface area contributed by atoms with Crippen molar-refractivity contribution in [3.05, 3.63) is 70.0 Å². The van der Waals surface area contributed by atoms with Crippen molar-refractivity contribution in [2.24, 2.45) is 0 Å². The minimum absolute atomic E-state index is 0.113. The molecule has 4 rings (SSSR count). The predicted molar refractivity (Wildman–Crippen MR) is 112 cm³/mol. The zero-order valence-corrected chi connectivity index (χ0v) is 16.6. The van der Waals surface area contributed by atoms with Gasteiger partial charge in [-0.2, -0.15) is 0 Å². The molecule has 0 radical (unpaired) electrons. The maximum absolute atomic E-state index is 13.2. The first-order valence-corrected chi connectivity index (χ1v) is 9.75. The van der Waals surface area contributed by atoms with Crippen molar-refractivity contribution in [2.45, 2.75) is 32.4 Å². The Morgan fingerprint density at radius 2 is 2.10 bits per heavy atom. The van der Waals surface area contributed by atoms with Crippen LogP contribution in [0.25, 0.3) is 10.9 Å². The van der Waals surface area contributed by atoms with E-state index in [4.69, 9.17) is 9.47 Å². The monoisotopic (exact) mass is 392 g/mol. The maximum Gasteiger partial charge on any atom is 0.256 e. The fourth-order valence-corrected chi connectivity index (χ4v) is 3.68. The van der Waals surface area contributed by atoms with Crippen molar-refractivity contribution in [3.63, 3.8) is 0 Å². The number of anilines is 1. The molecule has 3 aromatic rings. The third-order valence-corrected chi connectivity index (χ3v) is 5.24. The number of aromatic nitrogens is 1. The minimum atomic E-state index is -0.463. The van der Waals surface area contributed by atoms with Crippen LogP contribution in [0.3, 0.4) is 0 Å². The van der Waals surface area contributed by atoms with Crippen molar-refractivity contribution >= 4 is 22.5 Å². The standard InChI is InChI=1S/C23H24N2O4/c1-15-5-3-6-18(11-15)25(23(27)21-7-4-10-29-21)14-17-12-16-13-19(28-2)8-9-20(16)24-22(17)26/h3,5-6,8-9,11-13,21H,4,7,10,14H2,1-2H3,(H,24,26)/t21-/m1/s1. The fourth-order valence-electron chi connectivity index (χ4n) is 3.68. The Bertz CT molecular complexity index is 1100. The number of nitrogens with one attached hydrogen (secondary N) is 1. The van der Waals surface area contributed by atoms with E-state index in [1.54, 1.807) is 18.1 Å². The number of hydrogen-bond acceptors (Lipinski definition) is 4. The first-order chi connectivity index (χ1) is 14.0. The Labute approximate surface area is 169 Å². The van der Waals surface area contributed by atoms with Gasteiger partial charge in [-0.3, -0.25) is 9.59 Å². The van der Waals surface area contributed by atoms with Gasteiger partial charge in [-0.05, 0) is 61.7 Å². The van der Waals surface area contributed by atoms with Gasteiger partial charge < -0.3 is 19.4 Å². The maximum atomic E-state index is 13.2. The highest BCUT2D eigenvalue weighted by Gasteiger charge is 2.29. The highest BCUT2D eigenvalue weighted by Crippen LogP contribution is 2.24. The van der Waals surface area contributed by atoms with Gasteiger partial charge in [-0.1, -0.05) is 12.1 Å². The number of carbonyl (C=O) groups is 1. The Balaban J connectivity index is 1.74. The van der Waals surface area contributed by atoms with Crippen LogP contribution in [0.5, 0.6) is 5.75 Å². The van der Waals surface area contributed by atoms with Crippen LogP contribution in [-0.4, -0.2) is 30.7 Å². The van der Waals surface area contributed by atoms with Gasteiger partial charge in [0.15, 0.2) is 0 Å². The summed E-state index contributed by atoms with van der Waals surface area (Å²) in [7, 11) is 1.60. The van der Waals surface area contributed by atoms with Crippen LogP contribution in [0, 0.1) is 6.92 Å². The van der Waals surface area contributed by atoms with Crippen LogP contribution in [0.2, 0.25) is 0 Å². The Morgan fingerprint density at radius 3 is 2.83 bits per heavy atom. The normalized spacial score (nSPS) is 16.1. The Hall–Kier alpha value is -3.12. The molecule has 29 heavy (non-hydrogen) atoms. The molecule has 6 heteroatoms. The Kier molecular flexibility index (Phi) is 5.36. The summed E-state index contributed by atoms with van der Waals surface area (Å²) in [5.41, 5.74) is 2.84. The lowest BCUT2D eigenvalue weighted by Crippen LogP contribution is -2.39. The van der Waals surface area contributed by atoms with Crippen molar-refractivity contribution in [1.82, 2.24) is 4.98 Å². The fraction of sp³-hybridized carbons (Fsp3) is 0.304. The molecule has 1 aliphatic heterocycles.